The smallest absolute Gasteiger partial charge is 0.0564 e. The molecule has 1 fully saturated rings. The van der Waals surface area contributed by atoms with Gasteiger partial charge in [-0.25, -0.2) is 0 Å². The molecule has 0 aromatic rings. The Labute approximate surface area is 87.5 Å². The monoisotopic (exact) mass is 200 g/mol. The first-order valence-corrected chi connectivity index (χ1v) is 5.83. The van der Waals surface area contributed by atoms with Crippen molar-refractivity contribution in [1.29, 1.82) is 0 Å². The lowest BCUT2D eigenvalue weighted by Gasteiger charge is -2.31. The Hall–Kier alpha value is -0.120. The average molecular weight is 200 g/mol. The van der Waals surface area contributed by atoms with Crippen LogP contribution in [-0.2, 0) is 0 Å². The van der Waals surface area contributed by atoms with Crippen LogP contribution in [0.2, 0.25) is 0 Å². The molecular weight excluding hydrogens is 176 g/mol. The van der Waals surface area contributed by atoms with E-state index >= 15 is 0 Å². The Morgan fingerprint density at radius 3 is 2.64 bits per heavy atom. The number of rotatable bonds is 5. The Kier molecular flexibility index (Phi) is 5.45. The van der Waals surface area contributed by atoms with Crippen molar-refractivity contribution in [3.63, 3.8) is 0 Å². The third-order valence-corrected chi connectivity index (χ3v) is 2.87. The molecule has 1 heterocycles. The zero-order valence-electron chi connectivity index (χ0n) is 9.50. The molecule has 84 valence electrons. The molecule has 1 aliphatic rings. The molecule has 1 rings (SSSR count). The molecular formula is C11H24N2O. The summed E-state index contributed by atoms with van der Waals surface area (Å²) in [7, 11) is 0. The standard InChI is InChI=1S/C11H24N2O/c1-3-12-8-10(2)9-13-6-4-11(14)5-7-13/h10-12,14H,3-9H2,1-2H3. The van der Waals surface area contributed by atoms with Crippen LogP contribution < -0.4 is 5.32 Å². The predicted octanol–water partition coefficient (Wildman–Crippen LogP) is 0.689. The van der Waals surface area contributed by atoms with Crippen molar-refractivity contribution in [3.05, 3.63) is 0 Å². The van der Waals surface area contributed by atoms with Gasteiger partial charge >= 0.3 is 0 Å². The Balaban J connectivity index is 2.10. The lowest BCUT2D eigenvalue weighted by atomic mass is 10.1. The topological polar surface area (TPSA) is 35.5 Å². The lowest BCUT2D eigenvalue weighted by molar-refractivity contribution is 0.0760. The third kappa shape index (κ3) is 4.40. The summed E-state index contributed by atoms with van der Waals surface area (Å²) in [6.07, 6.45) is 1.86. The van der Waals surface area contributed by atoms with Crippen LogP contribution in [0.3, 0.4) is 0 Å². The van der Waals surface area contributed by atoms with Gasteiger partial charge in [-0.05, 0) is 31.8 Å². The predicted molar refractivity (Wildman–Crippen MR) is 59.4 cm³/mol. The molecule has 0 spiro atoms. The van der Waals surface area contributed by atoms with Crippen molar-refractivity contribution in [1.82, 2.24) is 10.2 Å². The first-order valence-electron chi connectivity index (χ1n) is 5.83. The number of likely N-dealkylation sites (tertiary alicyclic amines) is 1. The average Bonchev–Trinajstić information content (AvgIpc) is 2.18. The molecule has 1 aliphatic heterocycles. The second-order valence-corrected chi connectivity index (χ2v) is 4.44. The van der Waals surface area contributed by atoms with Crippen molar-refractivity contribution in [2.45, 2.75) is 32.8 Å². The van der Waals surface area contributed by atoms with E-state index in [1.165, 1.54) is 6.54 Å². The van der Waals surface area contributed by atoms with Gasteiger partial charge in [0, 0.05) is 19.6 Å². The van der Waals surface area contributed by atoms with Crippen molar-refractivity contribution in [2.75, 3.05) is 32.7 Å². The molecule has 1 atom stereocenters. The van der Waals surface area contributed by atoms with E-state index in [4.69, 9.17) is 0 Å². The number of hydrogen-bond donors (Lipinski definition) is 2. The SMILES string of the molecule is CCNCC(C)CN1CCC(O)CC1. The highest BCUT2D eigenvalue weighted by Gasteiger charge is 2.17. The maximum Gasteiger partial charge on any atom is 0.0564 e. The van der Waals surface area contributed by atoms with Gasteiger partial charge in [-0.15, -0.1) is 0 Å². The summed E-state index contributed by atoms with van der Waals surface area (Å²) in [5.74, 6) is 0.713. The van der Waals surface area contributed by atoms with Gasteiger partial charge in [0.1, 0.15) is 0 Å². The molecule has 3 nitrogen and oxygen atoms in total. The fraction of sp³-hybridized carbons (Fsp3) is 1.00. The maximum atomic E-state index is 9.36. The van der Waals surface area contributed by atoms with E-state index in [9.17, 15) is 5.11 Å². The van der Waals surface area contributed by atoms with Gasteiger partial charge in [0.05, 0.1) is 6.10 Å². The molecule has 0 amide bonds. The molecule has 0 radical (unpaired) electrons. The van der Waals surface area contributed by atoms with Crippen LogP contribution in [0.25, 0.3) is 0 Å². The van der Waals surface area contributed by atoms with Crippen molar-refractivity contribution in [3.8, 4) is 0 Å². The quantitative estimate of drug-likeness (QED) is 0.685. The van der Waals surface area contributed by atoms with Gasteiger partial charge in [0.15, 0.2) is 0 Å². The summed E-state index contributed by atoms with van der Waals surface area (Å²) >= 11 is 0. The van der Waals surface area contributed by atoms with E-state index in [-0.39, 0.29) is 6.10 Å². The number of aliphatic hydroxyl groups excluding tert-OH is 1. The fourth-order valence-electron chi connectivity index (χ4n) is 2.00. The highest BCUT2D eigenvalue weighted by molar-refractivity contribution is 4.73. The molecule has 0 saturated carbocycles. The first kappa shape index (κ1) is 12.0. The van der Waals surface area contributed by atoms with E-state index in [2.05, 4.69) is 24.1 Å². The zero-order valence-corrected chi connectivity index (χ0v) is 9.50. The van der Waals surface area contributed by atoms with E-state index in [1.54, 1.807) is 0 Å². The van der Waals surface area contributed by atoms with Crippen LogP contribution in [0.1, 0.15) is 26.7 Å². The van der Waals surface area contributed by atoms with Gasteiger partial charge in [-0.1, -0.05) is 13.8 Å². The number of hydrogen-bond acceptors (Lipinski definition) is 3. The molecule has 0 aliphatic carbocycles. The summed E-state index contributed by atoms with van der Waals surface area (Å²) in [5.41, 5.74) is 0. The summed E-state index contributed by atoms with van der Waals surface area (Å²) in [4.78, 5) is 2.47. The summed E-state index contributed by atoms with van der Waals surface area (Å²) in [6, 6.07) is 0. The van der Waals surface area contributed by atoms with Crippen LogP contribution in [0.5, 0.6) is 0 Å². The Morgan fingerprint density at radius 2 is 2.07 bits per heavy atom. The largest absolute Gasteiger partial charge is 0.393 e. The van der Waals surface area contributed by atoms with Crippen molar-refractivity contribution in [2.24, 2.45) is 5.92 Å². The van der Waals surface area contributed by atoms with Crippen LogP contribution in [0.15, 0.2) is 0 Å². The van der Waals surface area contributed by atoms with Gasteiger partial charge in [-0.3, -0.25) is 0 Å². The van der Waals surface area contributed by atoms with Crippen LogP contribution in [0, 0.1) is 5.92 Å². The summed E-state index contributed by atoms with van der Waals surface area (Å²) in [5, 5.41) is 12.7. The van der Waals surface area contributed by atoms with Crippen molar-refractivity contribution >= 4 is 0 Å². The number of aliphatic hydroxyl groups is 1. The van der Waals surface area contributed by atoms with E-state index in [0.717, 1.165) is 39.0 Å². The second kappa shape index (κ2) is 6.38. The summed E-state index contributed by atoms with van der Waals surface area (Å²) in [6.45, 7) is 9.89. The van der Waals surface area contributed by atoms with Crippen LogP contribution in [-0.4, -0.2) is 48.8 Å². The Morgan fingerprint density at radius 1 is 1.43 bits per heavy atom. The molecule has 2 N–H and O–H groups in total. The molecule has 14 heavy (non-hydrogen) atoms. The van der Waals surface area contributed by atoms with E-state index in [1.807, 2.05) is 0 Å². The van der Waals surface area contributed by atoms with Gasteiger partial charge in [0.2, 0.25) is 0 Å². The first-order chi connectivity index (χ1) is 6.72. The second-order valence-electron chi connectivity index (χ2n) is 4.44. The van der Waals surface area contributed by atoms with E-state index in [0.29, 0.717) is 5.92 Å². The van der Waals surface area contributed by atoms with Gasteiger partial charge in [-0.2, -0.15) is 0 Å². The Bertz CT molecular complexity index is 144. The fourth-order valence-corrected chi connectivity index (χ4v) is 2.00. The molecule has 1 unspecified atom stereocenters. The summed E-state index contributed by atoms with van der Waals surface area (Å²) < 4.78 is 0. The molecule has 3 heteroatoms. The minimum atomic E-state index is -0.0460. The highest BCUT2D eigenvalue weighted by Crippen LogP contribution is 2.11. The van der Waals surface area contributed by atoms with Crippen molar-refractivity contribution < 1.29 is 5.11 Å². The van der Waals surface area contributed by atoms with Crippen LogP contribution in [0.4, 0.5) is 0 Å². The minimum Gasteiger partial charge on any atom is -0.393 e. The molecule has 0 aromatic carbocycles. The van der Waals surface area contributed by atoms with E-state index < -0.39 is 0 Å². The number of nitrogens with one attached hydrogen (secondary N) is 1. The molecule has 1 saturated heterocycles. The lowest BCUT2D eigenvalue weighted by Crippen LogP contribution is -2.40. The van der Waals surface area contributed by atoms with Gasteiger partial charge < -0.3 is 15.3 Å². The molecule has 0 bridgehead atoms. The number of nitrogens with zero attached hydrogens (tertiary/aromatic N) is 1. The normalized spacial score (nSPS) is 22.5. The third-order valence-electron chi connectivity index (χ3n) is 2.87. The molecule has 0 aromatic heterocycles. The van der Waals surface area contributed by atoms with Crippen LogP contribution >= 0.6 is 0 Å². The number of piperidine rings is 1. The van der Waals surface area contributed by atoms with Gasteiger partial charge in [0.25, 0.3) is 0 Å². The zero-order chi connectivity index (χ0) is 10.4. The maximum absolute atomic E-state index is 9.36. The highest BCUT2D eigenvalue weighted by atomic mass is 16.3. The minimum absolute atomic E-state index is 0.0460.